The zero-order valence-corrected chi connectivity index (χ0v) is 15.7. The maximum Gasteiger partial charge on any atom is 0.229 e. The monoisotopic (exact) mass is 360 g/mol. The van der Waals surface area contributed by atoms with E-state index in [9.17, 15) is 4.79 Å². The van der Waals surface area contributed by atoms with Crippen molar-refractivity contribution in [1.29, 1.82) is 0 Å². The van der Waals surface area contributed by atoms with E-state index in [1.54, 1.807) is 19.1 Å². The number of rotatable bonds is 8. The number of carbonyl (C=O) groups excluding carboxylic acids is 1. The number of benzene rings is 2. The molecule has 0 saturated heterocycles. The molecule has 0 aliphatic carbocycles. The summed E-state index contributed by atoms with van der Waals surface area (Å²) in [5.41, 5.74) is 3.67. The molecule has 1 aromatic heterocycles. The van der Waals surface area contributed by atoms with Crippen molar-refractivity contribution in [3.05, 3.63) is 77.5 Å². The first-order valence-corrected chi connectivity index (χ1v) is 9.12. The second kappa shape index (κ2) is 8.94. The number of nitrogens with zero attached hydrogens (tertiary/aromatic N) is 2. The summed E-state index contributed by atoms with van der Waals surface area (Å²) in [7, 11) is 0. The number of aromatic nitrogens is 2. The van der Waals surface area contributed by atoms with Gasteiger partial charge in [-0.25, -0.2) is 4.98 Å². The van der Waals surface area contributed by atoms with Crippen molar-refractivity contribution < 1.29 is 4.79 Å². The molecule has 1 heterocycles. The van der Waals surface area contributed by atoms with Crippen LogP contribution in [0.3, 0.4) is 0 Å². The summed E-state index contributed by atoms with van der Waals surface area (Å²) in [6, 6.07) is 19.7. The zero-order chi connectivity index (χ0) is 19.1. The van der Waals surface area contributed by atoms with E-state index in [1.165, 1.54) is 5.56 Å². The van der Waals surface area contributed by atoms with Crippen molar-refractivity contribution in [2.45, 2.75) is 26.7 Å². The molecule has 0 fully saturated rings. The highest BCUT2D eigenvalue weighted by atomic mass is 16.1. The van der Waals surface area contributed by atoms with Crippen molar-refractivity contribution >= 4 is 23.2 Å². The molecule has 0 unspecified atom stereocenters. The number of nitrogens with one attached hydrogen (secondary N) is 2. The zero-order valence-electron chi connectivity index (χ0n) is 15.7. The van der Waals surface area contributed by atoms with Crippen LogP contribution in [0.4, 0.5) is 17.5 Å². The van der Waals surface area contributed by atoms with Crippen LogP contribution in [0.2, 0.25) is 0 Å². The van der Waals surface area contributed by atoms with Crippen LogP contribution >= 0.6 is 0 Å². The Labute approximate surface area is 159 Å². The van der Waals surface area contributed by atoms with E-state index in [2.05, 4.69) is 44.9 Å². The van der Waals surface area contributed by atoms with Crippen LogP contribution in [0.25, 0.3) is 0 Å². The Kier molecular flexibility index (Phi) is 6.15. The van der Waals surface area contributed by atoms with Gasteiger partial charge in [0.15, 0.2) is 5.78 Å². The molecule has 5 nitrogen and oxygen atoms in total. The SMILES string of the molecule is CC(=O)c1cccc(Nc2nc(C)cc(NCCCc3ccccc3)n2)c1. The van der Waals surface area contributed by atoms with Crippen molar-refractivity contribution in [2.75, 3.05) is 17.2 Å². The lowest BCUT2D eigenvalue weighted by atomic mass is 10.1. The van der Waals surface area contributed by atoms with Gasteiger partial charge in [-0.3, -0.25) is 4.79 Å². The van der Waals surface area contributed by atoms with Gasteiger partial charge in [0.05, 0.1) is 0 Å². The molecular formula is C22H24N4O. The van der Waals surface area contributed by atoms with E-state index in [-0.39, 0.29) is 5.78 Å². The number of ketones is 1. The lowest BCUT2D eigenvalue weighted by molar-refractivity contribution is 0.101. The second-order valence-electron chi connectivity index (χ2n) is 6.50. The fraction of sp³-hybridized carbons (Fsp3) is 0.227. The Morgan fingerprint density at radius 1 is 1.00 bits per heavy atom. The number of aryl methyl sites for hydroxylation is 2. The average Bonchev–Trinajstić information content (AvgIpc) is 2.66. The van der Waals surface area contributed by atoms with Crippen molar-refractivity contribution in [3.63, 3.8) is 0 Å². The molecule has 5 heteroatoms. The predicted octanol–water partition coefficient (Wildman–Crippen LogP) is 4.78. The highest BCUT2D eigenvalue weighted by Gasteiger charge is 2.05. The number of anilines is 3. The molecule has 27 heavy (non-hydrogen) atoms. The molecular weight excluding hydrogens is 336 g/mol. The van der Waals surface area contributed by atoms with Gasteiger partial charge in [0.1, 0.15) is 5.82 Å². The summed E-state index contributed by atoms with van der Waals surface area (Å²) in [5, 5.41) is 6.55. The molecule has 3 aromatic rings. The van der Waals surface area contributed by atoms with Gasteiger partial charge in [0.25, 0.3) is 0 Å². The van der Waals surface area contributed by atoms with Gasteiger partial charge < -0.3 is 10.6 Å². The number of carbonyl (C=O) groups is 1. The topological polar surface area (TPSA) is 66.9 Å². The lowest BCUT2D eigenvalue weighted by Gasteiger charge is -2.10. The first-order chi connectivity index (χ1) is 13.1. The maximum absolute atomic E-state index is 11.5. The highest BCUT2D eigenvalue weighted by molar-refractivity contribution is 5.95. The van der Waals surface area contributed by atoms with Gasteiger partial charge in [-0.1, -0.05) is 42.5 Å². The molecule has 0 atom stereocenters. The minimum atomic E-state index is 0.0320. The molecule has 0 bridgehead atoms. The quantitative estimate of drug-likeness (QED) is 0.447. The van der Waals surface area contributed by atoms with E-state index >= 15 is 0 Å². The standard InChI is InChI=1S/C22H24N4O/c1-16-14-21(23-13-7-10-18-8-4-3-5-9-18)26-22(24-16)25-20-12-6-11-19(15-20)17(2)27/h3-6,8-9,11-12,14-15H,7,10,13H2,1-2H3,(H2,23,24,25,26). The van der Waals surface area contributed by atoms with Gasteiger partial charge in [-0.2, -0.15) is 4.98 Å². The Hall–Kier alpha value is -3.21. The molecule has 2 aromatic carbocycles. The fourth-order valence-electron chi connectivity index (χ4n) is 2.81. The van der Waals surface area contributed by atoms with Crippen LogP contribution in [0.5, 0.6) is 0 Å². The number of Topliss-reactive ketones (excluding diaryl/α,β-unsaturated/α-hetero) is 1. The summed E-state index contributed by atoms with van der Waals surface area (Å²) < 4.78 is 0. The van der Waals surface area contributed by atoms with Gasteiger partial charge in [-0.05, 0) is 44.4 Å². The van der Waals surface area contributed by atoms with Crippen LogP contribution in [0.15, 0.2) is 60.7 Å². The van der Waals surface area contributed by atoms with E-state index in [4.69, 9.17) is 0 Å². The molecule has 138 valence electrons. The Balaban J connectivity index is 1.60. The molecule has 0 spiro atoms. The van der Waals surface area contributed by atoms with Crippen LogP contribution in [0.1, 0.15) is 35.0 Å². The molecule has 0 saturated carbocycles. The van der Waals surface area contributed by atoms with Gasteiger partial charge >= 0.3 is 0 Å². The van der Waals surface area contributed by atoms with Gasteiger partial charge in [-0.15, -0.1) is 0 Å². The Morgan fingerprint density at radius 2 is 1.81 bits per heavy atom. The van der Waals surface area contributed by atoms with E-state index in [0.717, 1.165) is 36.6 Å². The summed E-state index contributed by atoms with van der Waals surface area (Å²) >= 11 is 0. The molecule has 0 aliphatic rings. The Morgan fingerprint density at radius 3 is 2.59 bits per heavy atom. The van der Waals surface area contributed by atoms with Crippen molar-refractivity contribution in [2.24, 2.45) is 0 Å². The van der Waals surface area contributed by atoms with E-state index in [0.29, 0.717) is 11.5 Å². The first-order valence-electron chi connectivity index (χ1n) is 9.12. The minimum Gasteiger partial charge on any atom is -0.370 e. The fourth-order valence-corrected chi connectivity index (χ4v) is 2.81. The third-order valence-electron chi connectivity index (χ3n) is 4.17. The minimum absolute atomic E-state index is 0.0320. The number of hydrogen-bond acceptors (Lipinski definition) is 5. The summed E-state index contributed by atoms with van der Waals surface area (Å²) in [6.07, 6.45) is 2.05. The second-order valence-corrected chi connectivity index (χ2v) is 6.50. The molecule has 3 rings (SSSR count). The summed E-state index contributed by atoms with van der Waals surface area (Å²) in [4.78, 5) is 20.5. The lowest BCUT2D eigenvalue weighted by Crippen LogP contribution is -2.07. The van der Waals surface area contributed by atoms with Crippen LogP contribution < -0.4 is 10.6 Å². The van der Waals surface area contributed by atoms with Gasteiger partial charge in [0, 0.05) is 29.6 Å². The highest BCUT2D eigenvalue weighted by Crippen LogP contribution is 2.17. The van der Waals surface area contributed by atoms with Gasteiger partial charge in [0.2, 0.25) is 5.95 Å². The maximum atomic E-state index is 11.5. The Bertz CT molecular complexity index is 909. The average molecular weight is 360 g/mol. The molecule has 2 N–H and O–H groups in total. The summed E-state index contributed by atoms with van der Waals surface area (Å²) in [6.45, 7) is 4.33. The molecule has 0 aliphatic heterocycles. The van der Waals surface area contributed by atoms with Crippen LogP contribution in [0, 0.1) is 6.92 Å². The smallest absolute Gasteiger partial charge is 0.229 e. The predicted molar refractivity (Wildman–Crippen MR) is 110 cm³/mol. The normalized spacial score (nSPS) is 10.4. The van der Waals surface area contributed by atoms with E-state index in [1.807, 2.05) is 31.2 Å². The van der Waals surface area contributed by atoms with Crippen molar-refractivity contribution in [3.8, 4) is 0 Å². The van der Waals surface area contributed by atoms with Crippen LogP contribution in [-0.2, 0) is 6.42 Å². The van der Waals surface area contributed by atoms with Crippen LogP contribution in [-0.4, -0.2) is 22.3 Å². The molecule has 0 amide bonds. The van der Waals surface area contributed by atoms with Crippen molar-refractivity contribution in [1.82, 2.24) is 9.97 Å². The summed E-state index contributed by atoms with van der Waals surface area (Å²) in [5.74, 6) is 1.34. The van der Waals surface area contributed by atoms with E-state index < -0.39 is 0 Å². The molecule has 0 radical (unpaired) electrons. The third kappa shape index (κ3) is 5.64. The third-order valence-corrected chi connectivity index (χ3v) is 4.17. The largest absolute Gasteiger partial charge is 0.370 e. The first kappa shape index (κ1) is 18.6. The number of hydrogen-bond donors (Lipinski definition) is 2.